The van der Waals surface area contributed by atoms with Gasteiger partial charge in [0.25, 0.3) is 11.8 Å². The number of phenolic OH excluding ortho intramolecular Hbond substituents is 1. The summed E-state index contributed by atoms with van der Waals surface area (Å²) in [4.78, 5) is 29.7. The number of aromatic hydroxyl groups is 1. The third-order valence-electron chi connectivity index (χ3n) is 5.28. The van der Waals surface area contributed by atoms with Crippen molar-refractivity contribution in [2.24, 2.45) is 4.99 Å². The predicted molar refractivity (Wildman–Crippen MR) is 92.9 cm³/mol. The van der Waals surface area contributed by atoms with E-state index in [-0.39, 0.29) is 30.1 Å². The molecule has 1 unspecified atom stereocenters. The van der Waals surface area contributed by atoms with Gasteiger partial charge < -0.3 is 9.84 Å². The topological polar surface area (TPSA) is 91.2 Å². The highest BCUT2D eigenvalue weighted by molar-refractivity contribution is 6.10. The maximum Gasteiger partial charge on any atom is 0.270 e. The molecule has 1 atom stereocenters. The number of carbonyl (C=O) groups excluding carboxylic acids is 2. The number of carbonyl (C=O) groups is 2. The molecule has 2 amide bonds. The van der Waals surface area contributed by atoms with E-state index >= 15 is 0 Å². The van der Waals surface area contributed by atoms with Gasteiger partial charge in [0, 0.05) is 19.0 Å². The second-order valence-corrected chi connectivity index (χ2v) is 6.91. The first-order chi connectivity index (χ1) is 11.7. The molecule has 0 spiro atoms. The number of guanidine groups is 1. The van der Waals surface area contributed by atoms with Crippen LogP contribution in [0.1, 0.15) is 35.6 Å². The van der Waals surface area contributed by atoms with Gasteiger partial charge >= 0.3 is 0 Å². The van der Waals surface area contributed by atoms with E-state index in [1.54, 1.807) is 14.0 Å². The van der Waals surface area contributed by atoms with E-state index in [4.69, 9.17) is 4.74 Å². The van der Waals surface area contributed by atoms with Gasteiger partial charge in [-0.05, 0) is 50.8 Å². The van der Waals surface area contributed by atoms with Gasteiger partial charge in [-0.2, -0.15) is 0 Å². The zero-order valence-electron chi connectivity index (χ0n) is 15.2. The second-order valence-electron chi connectivity index (χ2n) is 6.91. The molecule has 0 saturated heterocycles. The average molecular weight is 345 g/mol. The van der Waals surface area contributed by atoms with Crippen molar-refractivity contribution in [2.75, 3.05) is 13.6 Å². The Bertz CT molecular complexity index is 815. The molecule has 0 aliphatic carbocycles. The number of fused-ring (bicyclic) bond motifs is 1. The van der Waals surface area contributed by atoms with E-state index in [0.29, 0.717) is 18.6 Å². The lowest BCUT2D eigenvalue weighted by atomic mass is 9.86. The molecule has 2 aliphatic rings. The number of likely N-dealkylation sites (N-methyl/N-ethyl adjacent to an activating group) is 1. The van der Waals surface area contributed by atoms with Crippen molar-refractivity contribution in [3.63, 3.8) is 0 Å². The maximum absolute atomic E-state index is 12.8. The van der Waals surface area contributed by atoms with Crippen molar-refractivity contribution in [3.8, 4) is 11.5 Å². The van der Waals surface area contributed by atoms with E-state index in [9.17, 15) is 14.7 Å². The van der Waals surface area contributed by atoms with Crippen LogP contribution in [-0.2, 0) is 16.0 Å². The van der Waals surface area contributed by atoms with Crippen molar-refractivity contribution in [1.82, 2.24) is 10.2 Å². The Kier molecular flexibility index (Phi) is 3.97. The maximum atomic E-state index is 12.8. The summed E-state index contributed by atoms with van der Waals surface area (Å²) in [5.41, 5.74) is 2.26. The lowest BCUT2D eigenvalue weighted by Crippen LogP contribution is -2.54. The van der Waals surface area contributed by atoms with Crippen LogP contribution in [0.25, 0.3) is 0 Å². The summed E-state index contributed by atoms with van der Waals surface area (Å²) < 4.78 is 6.12. The van der Waals surface area contributed by atoms with Gasteiger partial charge in [0.2, 0.25) is 5.96 Å². The lowest BCUT2D eigenvalue weighted by Gasteiger charge is -2.36. The third-order valence-corrected chi connectivity index (χ3v) is 5.28. The van der Waals surface area contributed by atoms with Crippen LogP contribution in [0, 0.1) is 20.8 Å². The predicted octanol–water partition coefficient (Wildman–Crippen LogP) is 1.35. The number of phenols is 1. The molecule has 0 bridgehead atoms. The molecule has 0 radical (unpaired) electrons. The van der Waals surface area contributed by atoms with Crippen molar-refractivity contribution in [2.45, 2.75) is 46.1 Å². The fourth-order valence-corrected chi connectivity index (χ4v) is 3.24. The van der Waals surface area contributed by atoms with Crippen LogP contribution >= 0.6 is 0 Å². The number of nitrogens with zero attached hydrogens (tertiary/aromatic N) is 2. The first-order valence-corrected chi connectivity index (χ1v) is 8.29. The summed E-state index contributed by atoms with van der Waals surface area (Å²) >= 11 is 0. The smallest absolute Gasteiger partial charge is 0.270 e. The van der Waals surface area contributed by atoms with Crippen LogP contribution in [0.15, 0.2) is 4.99 Å². The third kappa shape index (κ3) is 2.63. The van der Waals surface area contributed by atoms with Crippen molar-refractivity contribution in [1.29, 1.82) is 0 Å². The molecule has 25 heavy (non-hydrogen) atoms. The van der Waals surface area contributed by atoms with E-state index in [1.165, 1.54) is 4.90 Å². The number of aliphatic imine (C=N–C) groups is 1. The Balaban J connectivity index is 1.88. The van der Waals surface area contributed by atoms with Gasteiger partial charge in [0.1, 0.15) is 18.0 Å². The minimum atomic E-state index is -1.07. The van der Waals surface area contributed by atoms with Crippen LogP contribution in [0.3, 0.4) is 0 Å². The van der Waals surface area contributed by atoms with Crippen LogP contribution in [0.2, 0.25) is 0 Å². The highest BCUT2D eigenvalue weighted by Crippen LogP contribution is 2.43. The fourth-order valence-electron chi connectivity index (χ4n) is 3.24. The molecule has 2 heterocycles. The van der Waals surface area contributed by atoms with E-state index < -0.39 is 5.60 Å². The largest absolute Gasteiger partial charge is 0.507 e. The molecule has 7 nitrogen and oxygen atoms in total. The summed E-state index contributed by atoms with van der Waals surface area (Å²) in [6, 6.07) is 0. The minimum Gasteiger partial charge on any atom is -0.507 e. The van der Waals surface area contributed by atoms with Crippen LogP contribution in [0.4, 0.5) is 0 Å². The average Bonchev–Trinajstić information content (AvgIpc) is 2.90. The minimum absolute atomic E-state index is 0.0449. The Morgan fingerprint density at radius 1 is 1.28 bits per heavy atom. The van der Waals surface area contributed by atoms with Gasteiger partial charge in [0.15, 0.2) is 5.60 Å². The highest BCUT2D eigenvalue weighted by atomic mass is 16.5. The number of amides is 2. The van der Waals surface area contributed by atoms with Crippen LogP contribution in [-0.4, -0.2) is 47.0 Å². The number of ether oxygens (including phenoxy) is 1. The number of nitrogens with one attached hydrogen (secondary N) is 1. The quantitative estimate of drug-likeness (QED) is 0.804. The molecule has 134 valence electrons. The number of rotatable bonds is 1. The molecule has 1 aromatic carbocycles. The van der Waals surface area contributed by atoms with E-state index in [0.717, 1.165) is 22.3 Å². The Labute approximate surface area is 146 Å². The highest BCUT2D eigenvalue weighted by Gasteiger charge is 2.42. The van der Waals surface area contributed by atoms with Gasteiger partial charge in [-0.1, -0.05) is 0 Å². The van der Waals surface area contributed by atoms with Gasteiger partial charge in [-0.25, -0.2) is 4.99 Å². The molecule has 0 aromatic heterocycles. The van der Waals surface area contributed by atoms with Crippen LogP contribution in [0.5, 0.6) is 11.5 Å². The zero-order chi connectivity index (χ0) is 18.5. The zero-order valence-corrected chi connectivity index (χ0v) is 15.2. The SMILES string of the molecule is Cc1c(C)c2c(c(C)c1O)CCC(C)(C(=O)NC1=NCC(=O)N1C)O2. The summed E-state index contributed by atoms with van der Waals surface area (Å²) in [7, 11) is 1.58. The molecular weight excluding hydrogens is 322 g/mol. The fraction of sp³-hybridized carbons (Fsp3) is 0.500. The van der Waals surface area contributed by atoms with Gasteiger partial charge in [0.05, 0.1) is 0 Å². The van der Waals surface area contributed by atoms with Crippen molar-refractivity contribution in [3.05, 3.63) is 22.3 Å². The van der Waals surface area contributed by atoms with Crippen molar-refractivity contribution < 1.29 is 19.4 Å². The Hall–Kier alpha value is -2.57. The van der Waals surface area contributed by atoms with Gasteiger partial charge in [-0.3, -0.25) is 19.8 Å². The first kappa shape index (κ1) is 17.3. The van der Waals surface area contributed by atoms with E-state index in [1.807, 2.05) is 20.8 Å². The Morgan fingerprint density at radius 3 is 2.56 bits per heavy atom. The standard InChI is InChI=1S/C18H23N3O4/c1-9-10(2)15-12(11(3)14(9)23)6-7-18(4,25-15)16(24)20-17-19-8-13(22)21(17)5/h23H,6-8H2,1-5H3,(H,19,20,24). The molecule has 0 fully saturated rings. The summed E-state index contributed by atoms with van der Waals surface area (Å²) in [5, 5.41) is 12.9. The lowest BCUT2D eigenvalue weighted by molar-refractivity contribution is -0.135. The number of hydrogen-bond acceptors (Lipinski definition) is 5. The summed E-state index contributed by atoms with van der Waals surface area (Å²) in [6.07, 6.45) is 1.10. The second kappa shape index (κ2) is 5.75. The first-order valence-electron chi connectivity index (χ1n) is 8.29. The molecule has 2 aliphatic heterocycles. The normalized spacial score (nSPS) is 22.4. The Morgan fingerprint density at radius 2 is 1.96 bits per heavy atom. The van der Waals surface area contributed by atoms with Gasteiger partial charge in [-0.15, -0.1) is 0 Å². The molecular formula is C18H23N3O4. The van der Waals surface area contributed by atoms with E-state index in [2.05, 4.69) is 10.3 Å². The molecule has 0 saturated carbocycles. The number of benzene rings is 1. The molecule has 3 rings (SSSR count). The van der Waals surface area contributed by atoms with Crippen molar-refractivity contribution >= 4 is 17.8 Å². The van der Waals surface area contributed by atoms with Crippen LogP contribution < -0.4 is 10.1 Å². The number of hydrogen-bond donors (Lipinski definition) is 2. The summed E-state index contributed by atoms with van der Waals surface area (Å²) in [6.45, 7) is 7.36. The molecule has 7 heteroatoms. The monoisotopic (exact) mass is 345 g/mol. The summed E-state index contributed by atoms with van der Waals surface area (Å²) in [5.74, 6) is 0.706. The molecule has 1 aromatic rings. The molecule has 2 N–H and O–H groups in total.